The number of fused-ring (bicyclic) bond motifs is 1. The number of nitrogens with zero attached hydrogens (tertiary/aromatic N) is 2. The van der Waals surface area contributed by atoms with E-state index >= 15 is 0 Å². The minimum absolute atomic E-state index is 0.101. The largest absolute Gasteiger partial charge is 0.322 e. The van der Waals surface area contributed by atoms with E-state index in [2.05, 4.69) is 52.7 Å². The van der Waals surface area contributed by atoms with Gasteiger partial charge in [0.1, 0.15) is 6.04 Å². The van der Waals surface area contributed by atoms with E-state index in [1.807, 2.05) is 6.07 Å². The van der Waals surface area contributed by atoms with Gasteiger partial charge < -0.3 is 4.90 Å². The van der Waals surface area contributed by atoms with Crippen molar-refractivity contribution in [3.8, 4) is 0 Å². The zero-order chi connectivity index (χ0) is 22.1. The summed E-state index contributed by atoms with van der Waals surface area (Å²) in [6.45, 7) is 3.62. The van der Waals surface area contributed by atoms with Crippen LogP contribution < -0.4 is 5.32 Å². The molecule has 1 N–H and O–H groups in total. The van der Waals surface area contributed by atoms with Crippen molar-refractivity contribution in [3.05, 3.63) is 70.8 Å². The van der Waals surface area contributed by atoms with Crippen LogP contribution >= 0.6 is 0 Å². The van der Waals surface area contributed by atoms with Crippen molar-refractivity contribution in [1.82, 2.24) is 15.1 Å². The molecule has 2 fully saturated rings. The average molecular weight is 432 g/mol. The molecule has 2 saturated heterocycles. The standard InChI is InChI=1S/C26H29N3O3/c30-24-11-10-23(25(31)27-24)29-17-21-15-20(8-9-22(21)26(29)32)19-7-4-13-28(14-12-19)16-18-5-2-1-3-6-18/h1-3,5-6,8-9,15,19,23H,4,7,10-14,16-17H2,(H,27,30,31)/t19-,23-/m1/s1. The molecule has 2 atom stereocenters. The number of nitrogens with one attached hydrogen (secondary N) is 1. The minimum atomic E-state index is -0.555. The van der Waals surface area contributed by atoms with Gasteiger partial charge in [-0.05, 0) is 67.4 Å². The maximum Gasteiger partial charge on any atom is 0.255 e. The van der Waals surface area contributed by atoms with E-state index in [9.17, 15) is 14.4 Å². The Hall–Kier alpha value is -2.99. The number of piperidine rings is 1. The molecule has 3 aliphatic rings. The average Bonchev–Trinajstić information content (AvgIpc) is 2.95. The van der Waals surface area contributed by atoms with Gasteiger partial charge in [0.2, 0.25) is 11.8 Å². The summed E-state index contributed by atoms with van der Waals surface area (Å²) in [4.78, 5) is 40.8. The van der Waals surface area contributed by atoms with Crippen molar-refractivity contribution in [2.24, 2.45) is 0 Å². The Bertz CT molecular complexity index is 1040. The summed E-state index contributed by atoms with van der Waals surface area (Å²) < 4.78 is 0. The van der Waals surface area contributed by atoms with Gasteiger partial charge in [-0.1, -0.05) is 42.5 Å². The summed E-state index contributed by atoms with van der Waals surface area (Å²) in [6.07, 6.45) is 4.10. The van der Waals surface area contributed by atoms with Gasteiger partial charge in [-0.15, -0.1) is 0 Å². The Labute approximate surface area is 188 Å². The lowest BCUT2D eigenvalue weighted by Crippen LogP contribution is -2.52. The summed E-state index contributed by atoms with van der Waals surface area (Å²) in [7, 11) is 0. The van der Waals surface area contributed by atoms with Crippen LogP contribution in [-0.4, -0.2) is 46.7 Å². The fraction of sp³-hybridized carbons (Fsp3) is 0.423. The van der Waals surface area contributed by atoms with Gasteiger partial charge in [-0.25, -0.2) is 0 Å². The smallest absolute Gasteiger partial charge is 0.255 e. The number of benzene rings is 2. The zero-order valence-electron chi connectivity index (χ0n) is 18.3. The molecule has 32 heavy (non-hydrogen) atoms. The molecule has 2 aromatic rings. The van der Waals surface area contributed by atoms with Crippen LogP contribution in [0.1, 0.15) is 65.1 Å². The maximum absolute atomic E-state index is 12.9. The first-order chi connectivity index (χ1) is 15.6. The molecule has 166 valence electrons. The molecule has 0 aliphatic carbocycles. The van der Waals surface area contributed by atoms with Crippen LogP contribution in [0, 0.1) is 0 Å². The zero-order valence-corrected chi connectivity index (χ0v) is 18.3. The molecule has 3 aliphatic heterocycles. The van der Waals surface area contributed by atoms with E-state index in [1.54, 1.807) is 4.90 Å². The summed E-state index contributed by atoms with van der Waals surface area (Å²) in [5.41, 5.74) is 4.35. The highest BCUT2D eigenvalue weighted by Crippen LogP contribution is 2.33. The second kappa shape index (κ2) is 8.87. The normalized spacial score (nSPS) is 24.2. The van der Waals surface area contributed by atoms with Crippen LogP contribution in [0.15, 0.2) is 48.5 Å². The number of carbonyl (C=O) groups excluding carboxylic acids is 3. The number of carbonyl (C=O) groups is 3. The van der Waals surface area contributed by atoms with Crippen LogP contribution in [0.5, 0.6) is 0 Å². The van der Waals surface area contributed by atoms with Crippen molar-refractivity contribution < 1.29 is 14.4 Å². The van der Waals surface area contributed by atoms with Crippen molar-refractivity contribution >= 4 is 17.7 Å². The second-order valence-corrected chi connectivity index (χ2v) is 9.21. The van der Waals surface area contributed by atoms with Gasteiger partial charge in [-0.3, -0.25) is 24.6 Å². The quantitative estimate of drug-likeness (QED) is 0.755. The highest BCUT2D eigenvalue weighted by Gasteiger charge is 2.39. The van der Waals surface area contributed by atoms with E-state index in [0.717, 1.165) is 44.5 Å². The van der Waals surface area contributed by atoms with E-state index in [4.69, 9.17) is 0 Å². The topological polar surface area (TPSA) is 69.7 Å². The predicted molar refractivity (Wildman–Crippen MR) is 121 cm³/mol. The number of likely N-dealkylation sites (tertiary alicyclic amines) is 1. The van der Waals surface area contributed by atoms with Gasteiger partial charge in [0, 0.05) is 25.1 Å². The van der Waals surface area contributed by atoms with Crippen LogP contribution in [0.25, 0.3) is 0 Å². The molecule has 0 saturated carbocycles. The first-order valence-corrected chi connectivity index (χ1v) is 11.6. The van der Waals surface area contributed by atoms with Gasteiger partial charge in [0.05, 0.1) is 0 Å². The number of hydrogen-bond donors (Lipinski definition) is 1. The summed E-state index contributed by atoms with van der Waals surface area (Å²) in [5, 5.41) is 2.37. The van der Waals surface area contributed by atoms with Gasteiger partial charge in [0.25, 0.3) is 5.91 Å². The molecule has 0 radical (unpaired) electrons. The van der Waals surface area contributed by atoms with Crippen LogP contribution in [0.2, 0.25) is 0 Å². The third-order valence-corrected chi connectivity index (χ3v) is 7.09. The summed E-state index contributed by atoms with van der Waals surface area (Å²) >= 11 is 0. The lowest BCUT2D eigenvalue weighted by Gasteiger charge is -2.29. The lowest BCUT2D eigenvalue weighted by molar-refractivity contribution is -0.136. The Balaban J connectivity index is 1.26. The monoisotopic (exact) mass is 431 g/mol. The highest BCUT2D eigenvalue weighted by atomic mass is 16.2. The Kier molecular flexibility index (Phi) is 5.79. The van der Waals surface area contributed by atoms with Crippen molar-refractivity contribution in [2.45, 2.75) is 57.2 Å². The molecule has 0 spiro atoms. The molecule has 0 aromatic heterocycles. The van der Waals surface area contributed by atoms with Crippen LogP contribution in [-0.2, 0) is 22.7 Å². The Morgan fingerprint density at radius 1 is 0.938 bits per heavy atom. The number of imide groups is 1. The van der Waals surface area contributed by atoms with Gasteiger partial charge in [-0.2, -0.15) is 0 Å². The van der Waals surface area contributed by atoms with E-state index in [-0.39, 0.29) is 24.1 Å². The molecule has 5 rings (SSSR count). The summed E-state index contributed by atoms with van der Waals surface area (Å²) in [5.74, 6) is -0.228. The van der Waals surface area contributed by atoms with E-state index < -0.39 is 6.04 Å². The number of amides is 3. The molecule has 0 bridgehead atoms. The van der Waals surface area contributed by atoms with Crippen LogP contribution in [0.3, 0.4) is 0 Å². The third kappa shape index (κ3) is 4.19. The third-order valence-electron chi connectivity index (χ3n) is 7.09. The van der Waals surface area contributed by atoms with Crippen molar-refractivity contribution in [2.75, 3.05) is 13.1 Å². The van der Waals surface area contributed by atoms with E-state index in [0.29, 0.717) is 24.4 Å². The molecule has 6 nitrogen and oxygen atoms in total. The fourth-order valence-electron chi connectivity index (χ4n) is 5.34. The van der Waals surface area contributed by atoms with Crippen molar-refractivity contribution in [3.63, 3.8) is 0 Å². The molecule has 2 aromatic carbocycles. The molecule has 0 unspecified atom stereocenters. The SMILES string of the molecule is O=C1CC[C@@H](N2Cc3cc([C@@H]4CCCN(Cc5ccccc5)CC4)ccc3C2=O)C(=O)N1. The molecule has 3 heterocycles. The number of rotatable bonds is 4. The fourth-order valence-corrected chi connectivity index (χ4v) is 5.34. The van der Waals surface area contributed by atoms with Gasteiger partial charge in [0.15, 0.2) is 0 Å². The first kappa shape index (κ1) is 20.9. The summed E-state index contributed by atoms with van der Waals surface area (Å²) in [6, 6.07) is 16.3. The Morgan fingerprint density at radius 3 is 2.59 bits per heavy atom. The first-order valence-electron chi connectivity index (χ1n) is 11.6. The molecule has 6 heteroatoms. The Morgan fingerprint density at radius 2 is 1.78 bits per heavy atom. The molecular formula is C26H29N3O3. The predicted octanol–water partition coefficient (Wildman–Crippen LogP) is 3.22. The minimum Gasteiger partial charge on any atom is -0.322 e. The molecular weight excluding hydrogens is 402 g/mol. The maximum atomic E-state index is 12.9. The number of hydrogen-bond acceptors (Lipinski definition) is 4. The van der Waals surface area contributed by atoms with Gasteiger partial charge >= 0.3 is 0 Å². The molecule has 3 amide bonds. The van der Waals surface area contributed by atoms with Crippen molar-refractivity contribution in [1.29, 1.82) is 0 Å². The lowest BCUT2D eigenvalue weighted by atomic mass is 9.90. The van der Waals surface area contributed by atoms with E-state index in [1.165, 1.54) is 11.1 Å². The second-order valence-electron chi connectivity index (χ2n) is 9.21. The van der Waals surface area contributed by atoms with Crippen LogP contribution in [0.4, 0.5) is 0 Å². The highest BCUT2D eigenvalue weighted by molar-refractivity contribution is 6.05.